The van der Waals surface area contributed by atoms with Crippen LogP contribution < -0.4 is 15.8 Å². The predicted molar refractivity (Wildman–Crippen MR) is 85.6 cm³/mol. The zero-order valence-electron chi connectivity index (χ0n) is 13.9. The van der Waals surface area contributed by atoms with Crippen molar-refractivity contribution >= 4 is 11.5 Å². The first-order valence-electron chi connectivity index (χ1n) is 7.38. The van der Waals surface area contributed by atoms with Crippen LogP contribution in [0.2, 0.25) is 0 Å². The molecule has 21 heavy (non-hydrogen) atoms. The van der Waals surface area contributed by atoms with Crippen LogP contribution in [0.4, 0.5) is 11.5 Å². The number of nitrogens with two attached hydrogens (primary N) is 1. The van der Waals surface area contributed by atoms with Crippen LogP contribution >= 0.6 is 0 Å². The lowest BCUT2D eigenvalue weighted by Gasteiger charge is -2.51. The molecule has 0 aromatic carbocycles. The van der Waals surface area contributed by atoms with Crippen LogP contribution in [-0.4, -0.2) is 29.8 Å². The summed E-state index contributed by atoms with van der Waals surface area (Å²) in [5.41, 5.74) is 6.25. The minimum atomic E-state index is -0.323. The molecule has 0 amide bonds. The highest BCUT2D eigenvalue weighted by Gasteiger charge is 2.48. The van der Waals surface area contributed by atoms with Gasteiger partial charge in [-0.15, -0.1) is 0 Å². The van der Waals surface area contributed by atoms with E-state index in [9.17, 15) is 0 Å². The van der Waals surface area contributed by atoms with E-state index >= 15 is 0 Å². The highest BCUT2D eigenvalue weighted by Crippen LogP contribution is 2.44. The maximum absolute atomic E-state index is 5.94. The van der Waals surface area contributed by atoms with E-state index in [4.69, 9.17) is 15.2 Å². The summed E-state index contributed by atoms with van der Waals surface area (Å²) in [6, 6.07) is 4.05. The largest absolute Gasteiger partial charge is 0.470 e. The number of aromatic nitrogens is 1. The Morgan fingerprint density at radius 1 is 1.33 bits per heavy atom. The van der Waals surface area contributed by atoms with Crippen molar-refractivity contribution in [2.45, 2.75) is 58.8 Å². The Balaban J connectivity index is 2.10. The first kappa shape index (κ1) is 15.9. The van der Waals surface area contributed by atoms with Crippen molar-refractivity contribution in [2.75, 3.05) is 18.2 Å². The first-order chi connectivity index (χ1) is 9.63. The monoisotopic (exact) mass is 293 g/mol. The van der Waals surface area contributed by atoms with E-state index in [2.05, 4.69) is 24.1 Å². The molecular formula is C16H27N3O2. The molecule has 3 N–H and O–H groups in total. The number of hydrogen-bond donors (Lipinski definition) is 2. The zero-order chi connectivity index (χ0) is 15.8. The van der Waals surface area contributed by atoms with Gasteiger partial charge in [-0.3, -0.25) is 0 Å². The lowest BCUT2D eigenvalue weighted by atomic mass is 9.64. The van der Waals surface area contributed by atoms with Crippen LogP contribution in [0.5, 0.6) is 5.88 Å². The second kappa shape index (κ2) is 5.37. The Morgan fingerprint density at radius 3 is 2.52 bits per heavy atom. The third-order valence-corrected chi connectivity index (χ3v) is 4.08. The quantitative estimate of drug-likeness (QED) is 0.893. The van der Waals surface area contributed by atoms with Gasteiger partial charge in [-0.2, -0.15) is 4.98 Å². The van der Waals surface area contributed by atoms with Gasteiger partial charge in [0.25, 0.3) is 0 Å². The molecule has 5 heteroatoms. The third-order valence-electron chi connectivity index (χ3n) is 4.08. The van der Waals surface area contributed by atoms with Crippen molar-refractivity contribution in [3.63, 3.8) is 0 Å². The summed E-state index contributed by atoms with van der Waals surface area (Å²) >= 11 is 0. The molecule has 2 rings (SSSR count). The Labute approximate surface area is 127 Å². The standard InChI is InChI=1S/C16H27N3O2/c1-15(2,3)21-14-10(17)7-8-13(19-14)18-11-9-12(20-6)16(11,4)5/h7-8,11-12H,9,17H2,1-6H3,(H,18,19). The minimum absolute atomic E-state index is 0.0862. The van der Waals surface area contributed by atoms with Gasteiger partial charge in [0.05, 0.1) is 11.8 Å². The Bertz CT molecular complexity index is 509. The first-order valence-corrected chi connectivity index (χ1v) is 7.38. The van der Waals surface area contributed by atoms with Crippen molar-refractivity contribution < 1.29 is 9.47 Å². The third kappa shape index (κ3) is 3.40. The Kier molecular flexibility index (Phi) is 4.06. The normalized spacial score (nSPS) is 24.3. The highest BCUT2D eigenvalue weighted by atomic mass is 16.5. The van der Waals surface area contributed by atoms with Gasteiger partial charge < -0.3 is 20.5 Å². The van der Waals surface area contributed by atoms with E-state index in [0.29, 0.717) is 17.6 Å². The molecule has 0 aliphatic heterocycles. The SMILES string of the molecule is COC1CC(Nc2ccc(N)c(OC(C)(C)C)n2)C1(C)C. The van der Waals surface area contributed by atoms with Crippen molar-refractivity contribution in [3.8, 4) is 5.88 Å². The fourth-order valence-electron chi connectivity index (χ4n) is 2.61. The lowest BCUT2D eigenvalue weighted by molar-refractivity contribution is -0.0795. The van der Waals surface area contributed by atoms with Gasteiger partial charge in [0, 0.05) is 18.6 Å². The van der Waals surface area contributed by atoms with Crippen molar-refractivity contribution in [1.29, 1.82) is 0 Å². The van der Waals surface area contributed by atoms with Gasteiger partial charge >= 0.3 is 0 Å². The summed E-state index contributed by atoms with van der Waals surface area (Å²) in [5, 5.41) is 3.46. The summed E-state index contributed by atoms with van der Waals surface area (Å²) in [7, 11) is 1.76. The molecule has 1 saturated carbocycles. The summed E-state index contributed by atoms with van der Waals surface area (Å²) in [6.07, 6.45) is 1.26. The molecule has 5 nitrogen and oxygen atoms in total. The number of ether oxygens (including phenoxy) is 2. The number of pyridine rings is 1. The van der Waals surface area contributed by atoms with Crippen molar-refractivity contribution in [2.24, 2.45) is 5.41 Å². The molecule has 1 fully saturated rings. The molecule has 2 atom stereocenters. The van der Waals surface area contributed by atoms with Gasteiger partial charge in [0.15, 0.2) is 0 Å². The fraction of sp³-hybridized carbons (Fsp3) is 0.688. The van der Waals surface area contributed by atoms with Gasteiger partial charge in [0.2, 0.25) is 5.88 Å². The topological polar surface area (TPSA) is 69.4 Å². The van der Waals surface area contributed by atoms with E-state index in [1.54, 1.807) is 7.11 Å². The summed E-state index contributed by atoms with van der Waals surface area (Å²) in [6.45, 7) is 10.3. The Hall–Kier alpha value is -1.49. The molecule has 118 valence electrons. The van der Waals surface area contributed by atoms with Crippen molar-refractivity contribution in [3.05, 3.63) is 12.1 Å². The maximum Gasteiger partial charge on any atom is 0.239 e. The number of nitrogen functional groups attached to an aromatic ring is 1. The summed E-state index contributed by atoms with van der Waals surface area (Å²) < 4.78 is 11.3. The smallest absolute Gasteiger partial charge is 0.239 e. The Morgan fingerprint density at radius 2 is 2.00 bits per heavy atom. The molecule has 1 heterocycles. The zero-order valence-corrected chi connectivity index (χ0v) is 13.9. The van der Waals surface area contributed by atoms with Crippen LogP contribution in [-0.2, 0) is 4.74 Å². The van der Waals surface area contributed by atoms with Crippen molar-refractivity contribution in [1.82, 2.24) is 4.98 Å². The molecule has 1 aliphatic rings. The molecular weight excluding hydrogens is 266 g/mol. The molecule has 1 aromatic rings. The number of nitrogens with zero attached hydrogens (tertiary/aromatic N) is 1. The van der Waals surface area contributed by atoms with E-state index in [1.165, 1.54) is 0 Å². The number of anilines is 2. The highest BCUT2D eigenvalue weighted by molar-refractivity contribution is 5.54. The lowest BCUT2D eigenvalue weighted by Crippen LogP contribution is -2.57. The number of rotatable bonds is 4. The second-order valence-corrected chi connectivity index (χ2v) is 7.28. The van der Waals surface area contributed by atoms with Gasteiger partial charge in [-0.1, -0.05) is 13.8 Å². The van der Waals surface area contributed by atoms with Crippen LogP contribution in [0.3, 0.4) is 0 Å². The van der Waals surface area contributed by atoms with Gasteiger partial charge in [-0.05, 0) is 39.3 Å². The molecule has 0 spiro atoms. The van der Waals surface area contributed by atoms with E-state index in [-0.39, 0.29) is 17.1 Å². The van der Waals surface area contributed by atoms with Crippen LogP contribution in [0.1, 0.15) is 41.0 Å². The van der Waals surface area contributed by atoms with Crippen LogP contribution in [0, 0.1) is 5.41 Å². The number of methoxy groups -OCH3 is 1. The number of nitrogens with one attached hydrogen (secondary N) is 1. The molecule has 0 saturated heterocycles. The van der Waals surface area contributed by atoms with E-state index in [1.807, 2.05) is 32.9 Å². The maximum atomic E-state index is 5.94. The van der Waals surface area contributed by atoms with Gasteiger partial charge in [-0.25, -0.2) is 0 Å². The molecule has 1 aromatic heterocycles. The second-order valence-electron chi connectivity index (χ2n) is 7.28. The van der Waals surface area contributed by atoms with E-state index < -0.39 is 0 Å². The summed E-state index contributed by atoms with van der Waals surface area (Å²) in [5.74, 6) is 1.27. The van der Waals surface area contributed by atoms with Crippen LogP contribution in [0.25, 0.3) is 0 Å². The average Bonchev–Trinajstić information content (AvgIpc) is 2.36. The molecule has 0 bridgehead atoms. The fourth-order valence-corrected chi connectivity index (χ4v) is 2.61. The van der Waals surface area contributed by atoms with Gasteiger partial charge in [0.1, 0.15) is 11.4 Å². The number of hydrogen-bond acceptors (Lipinski definition) is 5. The minimum Gasteiger partial charge on any atom is -0.470 e. The van der Waals surface area contributed by atoms with Crippen LogP contribution in [0.15, 0.2) is 12.1 Å². The molecule has 1 aliphatic carbocycles. The molecule has 2 unspecified atom stereocenters. The summed E-state index contributed by atoms with van der Waals surface area (Å²) in [4.78, 5) is 4.50. The molecule has 0 radical (unpaired) electrons. The predicted octanol–water partition coefficient (Wildman–Crippen LogP) is 3.07. The van der Waals surface area contributed by atoms with E-state index in [0.717, 1.165) is 12.2 Å². The average molecular weight is 293 g/mol.